The topological polar surface area (TPSA) is 96.5 Å². The summed E-state index contributed by atoms with van der Waals surface area (Å²) in [5.74, 6) is -1.61. The van der Waals surface area contributed by atoms with Crippen molar-refractivity contribution in [2.75, 3.05) is 17.2 Å². The quantitative estimate of drug-likeness (QED) is 0.844. The Balaban J connectivity index is 2.29. The normalized spacial score (nSPS) is 19.7. The van der Waals surface area contributed by atoms with Crippen molar-refractivity contribution in [2.24, 2.45) is 5.92 Å². The molecule has 1 aromatic heterocycles. The van der Waals surface area contributed by atoms with Crippen LogP contribution in [-0.4, -0.2) is 28.5 Å². The van der Waals surface area contributed by atoms with Crippen LogP contribution in [0.2, 0.25) is 0 Å². The summed E-state index contributed by atoms with van der Waals surface area (Å²) in [4.78, 5) is 27.9. The summed E-state index contributed by atoms with van der Waals surface area (Å²) in [6.45, 7) is 0.118. The number of amides is 1. The number of carboxylic acid groups (broad SMARTS) is 1. The van der Waals surface area contributed by atoms with Crippen LogP contribution in [-0.2, 0) is 9.59 Å². The van der Waals surface area contributed by atoms with Gasteiger partial charge in [0.2, 0.25) is 5.91 Å². The fourth-order valence-corrected chi connectivity index (χ4v) is 2.10. The summed E-state index contributed by atoms with van der Waals surface area (Å²) in [5.41, 5.74) is 6.10. The van der Waals surface area contributed by atoms with E-state index in [1.165, 1.54) is 11.1 Å². The third-order valence-corrected chi connectivity index (χ3v) is 3.03. The third-order valence-electron chi connectivity index (χ3n) is 2.59. The van der Waals surface area contributed by atoms with E-state index in [0.29, 0.717) is 16.0 Å². The summed E-state index contributed by atoms with van der Waals surface area (Å²) < 4.78 is 0.709. The number of hydrogen-bond acceptors (Lipinski definition) is 4. The zero-order valence-electron chi connectivity index (χ0n) is 8.76. The van der Waals surface area contributed by atoms with Gasteiger partial charge in [-0.15, -0.1) is 0 Å². The second kappa shape index (κ2) is 4.33. The minimum Gasteiger partial charge on any atom is -0.481 e. The maximum atomic E-state index is 11.7. The van der Waals surface area contributed by atoms with Crippen molar-refractivity contribution in [1.82, 2.24) is 4.98 Å². The van der Waals surface area contributed by atoms with E-state index in [4.69, 9.17) is 10.8 Å². The van der Waals surface area contributed by atoms with Gasteiger partial charge in [-0.1, -0.05) is 0 Å². The lowest BCUT2D eigenvalue weighted by Gasteiger charge is -2.16. The number of carboxylic acids is 1. The van der Waals surface area contributed by atoms with Gasteiger partial charge in [-0.05, 0) is 22.0 Å². The first-order valence-corrected chi connectivity index (χ1v) is 5.72. The number of nitrogens with two attached hydrogens (primary N) is 1. The number of hydrogen-bond donors (Lipinski definition) is 2. The Morgan fingerprint density at radius 2 is 2.35 bits per heavy atom. The van der Waals surface area contributed by atoms with E-state index in [0.717, 1.165) is 0 Å². The van der Waals surface area contributed by atoms with Crippen LogP contribution < -0.4 is 10.6 Å². The molecular formula is C10H10BrN3O3. The van der Waals surface area contributed by atoms with Crippen molar-refractivity contribution >= 4 is 39.3 Å². The Hall–Kier alpha value is -1.63. The van der Waals surface area contributed by atoms with E-state index in [1.807, 2.05) is 0 Å². The van der Waals surface area contributed by atoms with Crippen molar-refractivity contribution in [2.45, 2.75) is 6.42 Å². The molecule has 90 valence electrons. The van der Waals surface area contributed by atoms with Crippen LogP contribution in [0.1, 0.15) is 6.42 Å². The van der Waals surface area contributed by atoms with Crippen LogP contribution in [0.25, 0.3) is 0 Å². The van der Waals surface area contributed by atoms with E-state index in [-0.39, 0.29) is 18.9 Å². The Labute approximate surface area is 106 Å². The summed E-state index contributed by atoms with van der Waals surface area (Å²) >= 11 is 3.22. The summed E-state index contributed by atoms with van der Waals surface area (Å²) in [6.07, 6.45) is 1.51. The zero-order chi connectivity index (χ0) is 12.6. The van der Waals surface area contributed by atoms with Crippen molar-refractivity contribution in [3.8, 4) is 0 Å². The summed E-state index contributed by atoms with van der Waals surface area (Å²) in [7, 11) is 0. The van der Waals surface area contributed by atoms with Gasteiger partial charge in [0.25, 0.3) is 0 Å². The van der Waals surface area contributed by atoms with Gasteiger partial charge in [0.15, 0.2) is 5.82 Å². The average molecular weight is 300 g/mol. The molecule has 7 heteroatoms. The molecule has 1 aliphatic rings. The molecule has 0 bridgehead atoms. The highest BCUT2D eigenvalue weighted by Crippen LogP contribution is 2.29. The van der Waals surface area contributed by atoms with Crippen molar-refractivity contribution < 1.29 is 14.7 Å². The predicted octanol–water partition coefficient (Wildman–Crippen LogP) is 0.864. The molecular weight excluding hydrogens is 290 g/mol. The highest BCUT2D eigenvalue weighted by Gasteiger charge is 2.36. The van der Waals surface area contributed by atoms with Crippen LogP contribution >= 0.6 is 15.9 Å². The molecule has 6 nitrogen and oxygen atoms in total. The maximum Gasteiger partial charge on any atom is 0.308 e. The van der Waals surface area contributed by atoms with Crippen LogP contribution in [0.3, 0.4) is 0 Å². The fraction of sp³-hybridized carbons (Fsp3) is 0.300. The molecule has 1 amide bonds. The third kappa shape index (κ3) is 2.23. The molecule has 1 aliphatic heterocycles. The van der Waals surface area contributed by atoms with Gasteiger partial charge in [-0.2, -0.15) is 0 Å². The molecule has 2 rings (SSSR count). The average Bonchev–Trinajstić information content (AvgIpc) is 2.61. The van der Waals surface area contributed by atoms with Gasteiger partial charge in [-0.3, -0.25) is 14.5 Å². The summed E-state index contributed by atoms with van der Waals surface area (Å²) in [6, 6.07) is 1.63. The smallest absolute Gasteiger partial charge is 0.308 e. The molecule has 0 radical (unpaired) electrons. The Morgan fingerprint density at radius 1 is 1.65 bits per heavy atom. The largest absolute Gasteiger partial charge is 0.481 e. The second-order valence-corrected chi connectivity index (χ2v) is 4.73. The van der Waals surface area contributed by atoms with Crippen LogP contribution in [0.15, 0.2) is 16.7 Å². The van der Waals surface area contributed by atoms with Gasteiger partial charge in [0.1, 0.15) is 0 Å². The van der Waals surface area contributed by atoms with Crippen molar-refractivity contribution in [3.63, 3.8) is 0 Å². The minimum atomic E-state index is -0.975. The first-order chi connectivity index (χ1) is 7.99. The number of nitrogens with zero attached hydrogens (tertiary/aromatic N) is 2. The molecule has 0 spiro atoms. The first-order valence-electron chi connectivity index (χ1n) is 4.93. The standard InChI is InChI=1S/C10H10BrN3O3/c11-6-2-7(12)9(13-3-6)14-4-5(10(16)17)1-8(14)15/h2-3,5H,1,4,12H2,(H,16,17). The van der Waals surface area contributed by atoms with Crippen molar-refractivity contribution in [1.29, 1.82) is 0 Å². The number of aromatic nitrogens is 1. The van der Waals surface area contributed by atoms with Crippen molar-refractivity contribution in [3.05, 3.63) is 16.7 Å². The van der Waals surface area contributed by atoms with Gasteiger partial charge in [0, 0.05) is 23.6 Å². The molecule has 0 aromatic carbocycles. The van der Waals surface area contributed by atoms with Crippen LogP contribution in [0.4, 0.5) is 11.5 Å². The van der Waals surface area contributed by atoms with E-state index in [1.54, 1.807) is 6.07 Å². The van der Waals surface area contributed by atoms with E-state index in [2.05, 4.69) is 20.9 Å². The number of halogens is 1. The number of aliphatic carboxylic acids is 1. The lowest BCUT2D eigenvalue weighted by atomic mass is 10.1. The van der Waals surface area contributed by atoms with Gasteiger partial charge < -0.3 is 10.8 Å². The highest BCUT2D eigenvalue weighted by atomic mass is 79.9. The number of carbonyl (C=O) groups excluding carboxylic acids is 1. The van der Waals surface area contributed by atoms with Gasteiger partial charge in [0.05, 0.1) is 11.6 Å². The SMILES string of the molecule is Nc1cc(Br)cnc1N1CC(C(=O)O)CC1=O. The first kappa shape index (κ1) is 11.8. The lowest BCUT2D eigenvalue weighted by Crippen LogP contribution is -2.27. The Morgan fingerprint density at radius 3 is 2.88 bits per heavy atom. The minimum absolute atomic E-state index is 0.00742. The number of nitrogen functional groups attached to an aromatic ring is 1. The van der Waals surface area contributed by atoms with Gasteiger partial charge >= 0.3 is 5.97 Å². The lowest BCUT2D eigenvalue weighted by molar-refractivity contribution is -0.141. The fourth-order valence-electron chi connectivity index (χ4n) is 1.75. The molecule has 2 heterocycles. The van der Waals surface area contributed by atoms with E-state index >= 15 is 0 Å². The highest BCUT2D eigenvalue weighted by molar-refractivity contribution is 9.10. The van der Waals surface area contributed by atoms with Gasteiger partial charge in [-0.25, -0.2) is 4.98 Å². The zero-order valence-corrected chi connectivity index (χ0v) is 10.3. The maximum absolute atomic E-state index is 11.7. The van der Waals surface area contributed by atoms with Crippen LogP contribution in [0.5, 0.6) is 0 Å². The molecule has 1 unspecified atom stereocenters. The number of carbonyl (C=O) groups is 2. The second-order valence-electron chi connectivity index (χ2n) is 3.81. The molecule has 0 aliphatic carbocycles. The molecule has 0 saturated carbocycles. The molecule has 3 N–H and O–H groups in total. The molecule has 1 aromatic rings. The Bertz CT molecular complexity index is 492. The number of pyridine rings is 1. The molecule has 1 fully saturated rings. The number of anilines is 2. The van der Waals surface area contributed by atoms with E-state index < -0.39 is 11.9 Å². The summed E-state index contributed by atoms with van der Waals surface area (Å²) in [5, 5.41) is 8.87. The van der Waals surface area contributed by atoms with Crippen LogP contribution in [0, 0.1) is 5.92 Å². The number of rotatable bonds is 2. The Kier molecular flexibility index (Phi) is 3.01. The predicted molar refractivity (Wildman–Crippen MR) is 64.4 cm³/mol. The molecule has 1 saturated heterocycles. The molecule has 17 heavy (non-hydrogen) atoms. The molecule has 1 atom stereocenters. The monoisotopic (exact) mass is 299 g/mol. The van der Waals surface area contributed by atoms with E-state index in [9.17, 15) is 9.59 Å².